The summed E-state index contributed by atoms with van der Waals surface area (Å²) >= 11 is 0. The Hall–Kier alpha value is -1.02. The van der Waals surface area contributed by atoms with E-state index < -0.39 is 0 Å². The molecule has 0 bridgehead atoms. The SMILES string of the molecule is Cc1cccc(CO)c1OCC1CCC1. The first kappa shape index (κ1) is 10.5. The van der Waals surface area contributed by atoms with Crippen LogP contribution < -0.4 is 4.74 Å². The second-order valence-electron chi connectivity index (χ2n) is 4.33. The van der Waals surface area contributed by atoms with Crippen molar-refractivity contribution in [3.8, 4) is 5.75 Å². The molecule has 1 aliphatic carbocycles. The van der Waals surface area contributed by atoms with Gasteiger partial charge in [0.1, 0.15) is 5.75 Å². The number of aliphatic hydroxyl groups excluding tert-OH is 1. The molecular weight excluding hydrogens is 188 g/mol. The van der Waals surface area contributed by atoms with Crippen LogP contribution in [-0.4, -0.2) is 11.7 Å². The van der Waals surface area contributed by atoms with E-state index in [0.29, 0.717) is 0 Å². The fourth-order valence-corrected chi connectivity index (χ4v) is 1.90. The van der Waals surface area contributed by atoms with Gasteiger partial charge in [0, 0.05) is 5.56 Å². The summed E-state index contributed by atoms with van der Waals surface area (Å²) in [4.78, 5) is 0. The minimum Gasteiger partial charge on any atom is -0.493 e. The topological polar surface area (TPSA) is 29.5 Å². The third-order valence-electron chi connectivity index (χ3n) is 3.15. The maximum absolute atomic E-state index is 9.20. The maximum atomic E-state index is 9.20. The Morgan fingerprint density at radius 3 is 2.80 bits per heavy atom. The number of rotatable bonds is 4. The minimum absolute atomic E-state index is 0.0572. The van der Waals surface area contributed by atoms with E-state index in [1.165, 1.54) is 19.3 Å². The fraction of sp³-hybridized carbons (Fsp3) is 0.538. The van der Waals surface area contributed by atoms with Crippen LogP contribution in [0.5, 0.6) is 5.75 Å². The van der Waals surface area contributed by atoms with E-state index in [1.807, 2.05) is 25.1 Å². The maximum Gasteiger partial charge on any atom is 0.127 e. The molecule has 0 saturated heterocycles. The lowest BCUT2D eigenvalue weighted by atomic mass is 9.86. The number of benzene rings is 1. The molecule has 2 heteroatoms. The van der Waals surface area contributed by atoms with Gasteiger partial charge in [0.15, 0.2) is 0 Å². The molecule has 1 aliphatic rings. The van der Waals surface area contributed by atoms with Crippen molar-refractivity contribution in [1.29, 1.82) is 0 Å². The highest BCUT2D eigenvalue weighted by Crippen LogP contribution is 2.29. The van der Waals surface area contributed by atoms with Gasteiger partial charge in [-0.15, -0.1) is 0 Å². The van der Waals surface area contributed by atoms with Crippen LogP contribution >= 0.6 is 0 Å². The molecule has 1 saturated carbocycles. The lowest BCUT2D eigenvalue weighted by Gasteiger charge is -2.26. The van der Waals surface area contributed by atoms with E-state index in [1.54, 1.807) is 0 Å². The Morgan fingerprint density at radius 2 is 2.20 bits per heavy atom. The van der Waals surface area contributed by atoms with E-state index in [2.05, 4.69) is 0 Å². The van der Waals surface area contributed by atoms with Crippen molar-refractivity contribution in [3.05, 3.63) is 29.3 Å². The summed E-state index contributed by atoms with van der Waals surface area (Å²) in [5, 5.41) is 9.20. The van der Waals surface area contributed by atoms with Crippen molar-refractivity contribution < 1.29 is 9.84 Å². The van der Waals surface area contributed by atoms with Gasteiger partial charge in [-0.1, -0.05) is 24.6 Å². The average Bonchev–Trinajstić information content (AvgIpc) is 2.17. The van der Waals surface area contributed by atoms with Crippen LogP contribution in [0, 0.1) is 12.8 Å². The quantitative estimate of drug-likeness (QED) is 0.820. The van der Waals surface area contributed by atoms with E-state index in [9.17, 15) is 5.11 Å². The zero-order valence-electron chi connectivity index (χ0n) is 9.20. The summed E-state index contributed by atoms with van der Waals surface area (Å²) in [5.74, 6) is 1.61. The molecule has 1 fully saturated rings. The molecule has 0 heterocycles. The molecule has 0 unspecified atom stereocenters. The lowest BCUT2D eigenvalue weighted by Crippen LogP contribution is -2.20. The van der Waals surface area contributed by atoms with Crippen molar-refractivity contribution in [1.82, 2.24) is 0 Å². The summed E-state index contributed by atoms with van der Waals surface area (Å²) in [6, 6.07) is 5.90. The second-order valence-corrected chi connectivity index (χ2v) is 4.33. The van der Waals surface area contributed by atoms with E-state index in [-0.39, 0.29) is 6.61 Å². The number of aliphatic hydroxyl groups is 1. The largest absolute Gasteiger partial charge is 0.493 e. The zero-order chi connectivity index (χ0) is 10.7. The predicted molar refractivity (Wildman–Crippen MR) is 59.9 cm³/mol. The molecule has 0 aromatic heterocycles. The van der Waals surface area contributed by atoms with Crippen molar-refractivity contribution in [3.63, 3.8) is 0 Å². The Kier molecular flexibility index (Phi) is 3.27. The first-order valence-electron chi connectivity index (χ1n) is 5.63. The van der Waals surface area contributed by atoms with Crippen LogP contribution in [0.3, 0.4) is 0 Å². The minimum atomic E-state index is 0.0572. The highest BCUT2D eigenvalue weighted by atomic mass is 16.5. The first-order chi connectivity index (χ1) is 7.31. The van der Waals surface area contributed by atoms with E-state index >= 15 is 0 Å². The van der Waals surface area contributed by atoms with Crippen molar-refractivity contribution in [2.75, 3.05) is 6.61 Å². The molecule has 1 aromatic rings. The van der Waals surface area contributed by atoms with Gasteiger partial charge in [-0.2, -0.15) is 0 Å². The molecule has 1 aromatic carbocycles. The summed E-state index contributed by atoms with van der Waals surface area (Å²) < 4.78 is 5.80. The zero-order valence-corrected chi connectivity index (χ0v) is 9.20. The number of hydrogen-bond donors (Lipinski definition) is 1. The average molecular weight is 206 g/mol. The van der Waals surface area contributed by atoms with Gasteiger partial charge in [0.25, 0.3) is 0 Å². The van der Waals surface area contributed by atoms with Crippen LogP contribution in [0.1, 0.15) is 30.4 Å². The number of para-hydroxylation sites is 1. The summed E-state index contributed by atoms with van der Waals surface area (Å²) in [7, 11) is 0. The second kappa shape index (κ2) is 4.67. The Labute approximate surface area is 90.9 Å². The number of hydrogen-bond acceptors (Lipinski definition) is 2. The molecule has 0 atom stereocenters. The highest BCUT2D eigenvalue weighted by molar-refractivity contribution is 5.40. The van der Waals surface area contributed by atoms with Gasteiger partial charge in [-0.3, -0.25) is 0 Å². The van der Waals surface area contributed by atoms with Gasteiger partial charge < -0.3 is 9.84 Å². The molecule has 1 N–H and O–H groups in total. The third kappa shape index (κ3) is 2.32. The number of aryl methyl sites for hydroxylation is 1. The number of ether oxygens (including phenoxy) is 1. The van der Waals surface area contributed by atoms with Gasteiger partial charge in [0.05, 0.1) is 13.2 Å². The van der Waals surface area contributed by atoms with Crippen molar-refractivity contribution in [2.45, 2.75) is 32.8 Å². The summed E-state index contributed by atoms with van der Waals surface area (Å²) in [6.07, 6.45) is 3.93. The smallest absolute Gasteiger partial charge is 0.127 e. The van der Waals surface area contributed by atoms with Crippen molar-refractivity contribution in [2.24, 2.45) is 5.92 Å². The fourth-order valence-electron chi connectivity index (χ4n) is 1.90. The lowest BCUT2D eigenvalue weighted by molar-refractivity contribution is 0.175. The molecule has 2 nitrogen and oxygen atoms in total. The normalized spacial score (nSPS) is 16.1. The molecule has 15 heavy (non-hydrogen) atoms. The molecule has 2 rings (SSSR count). The summed E-state index contributed by atoms with van der Waals surface area (Å²) in [5.41, 5.74) is 2.01. The highest BCUT2D eigenvalue weighted by Gasteiger charge is 2.18. The van der Waals surface area contributed by atoms with Gasteiger partial charge in [0.2, 0.25) is 0 Å². The van der Waals surface area contributed by atoms with Crippen LogP contribution in [0.15, 0.2) is 18.2 Å². The Balaban J connectivity index is 2.04. The van der Waals surface area contributed by atoms with Crippen LogP contribution in [0.2, 0.25) is 0 Å². The predicted octanol–water partition coefficient (Wildman–Crippen LogP) is 2.67. The molecular formula is C13H18O2. The van der Waals surface area contributed by atoms with Gasteiger partial charge >= 0.3 is 0 Å². The Bertz CT molecular complexity index is 329. The summed E-state index contributed by atoms with van der Waals surface area (Å²) in [6.45, 7) is 2.88. The van der Waals surface area contributed by atoms with Crippen LogP contribution in [-0.2, 0) is 6.61 Å². The first-order valence-corrected chi connectivity index (χ1v) is 5.63. The third-order valence-corrected chi connectivity index (χ3v) is 3.15. The van der Waals surface area contributed by atoms with Crippen molar-refractivity contribution >= 4 is 0 Å². The molecule has 0 radical (unpaired) electrons. The Morgan fingerprint density at radius 1 is 1.40 bits per heavy atom. The van der Waals surface area contributed by atoms with E-state index in [0.717, 1.165) is 29.4 Å². The molecule has 0 amide bonds. The van der Waals surface area contributed by atoms with Gasteiger partial charge in [-0.05, 0) is 31.2 Å². The van der Waals surface area contributed by atoms with E-state index in [4.69, 9.17) is 4.74 Å². The molecule has 0 aliphatic heterocycles. The standard InChI is InChI=1S/C13H18O2/c1-10-4-2-7-12(8-14)13(10)15-9-11-5-3-6-11/h2,4,7,11,14H,3,5-6,8-9H2,1H3. The molecule has 82 valence electrons. The monoisotopic (exact) mass is 206 g/mol. The molecule has 0 spiro atoms. The van der Waals surface area contributed by atoms with Gasteiger partial charge in [-0.25, -0.2) is 0 Å². The van der Waals surface area contributed by atoms with Crippen LogP contribution in [0.25, 0.3) is 0 Å². The van der Waals surface area contributed by atoms with Crippen LogP contribution in [0.4, 0.5) is 0 Å².